The van der Waals surface area contributed by atoms with Gasteiger partial charge in [-0.2, -0.15) is 0 Å². The van der Waals surface area contributed by atoms with Crippen LogP contribution in [0.1, 0.15) is 43.6 Å². The molecule has 1 atom stereocenters. The zero-order valence-electron chi connectivity index (χ0n) is 12.4. The second-order valence-corrected chi connectivity index (χ2v) is 6.24. The number of nitrogens with one attached hydrogen (secondary N) is 1. The first-order valence-electron chi connectivity index (χ1n) is 7.54. The van der Waals surface area contributed by atoms with Crippen LogP contribution < -0.4 is 5.32 Å². The minimum absolute atomic E-state index is 0.132. The second kappa shape index (κ2) is 7.27. The van der Waals surface area contributed by atoms with E-state index >= 15 is 0 Å². The molecule has 20 heavy (non-hydrogen) atoms. The lowest BCUT2D eigenvalue weighted by Gasteiger charge is -2.30. The number of rotatable bonds is 5. The highest BCUT2D eigenvalue weighted by molar-refractivity contribution is 9.10. The van der Waals surface area contributed by atoms with Crippen molar-refractivity contribution in [3.05, 3.63) is 22.4 Å². The van der Waals surface area contributed by atoms with Gasteiger partial charge in [-0.25, -0.2) is 0 Å². The van der Waals surface area contributed by atoms with Gasteiger partial charge in [0.1, 0.15) is 5.69 Å². The summed E-state index contributed by atoms with van der Waals surface area (Å²) in [6.45, 7) is 7.56. The molecule has 112 valence electrons. The van der Waals surface area contributed by atoms with E-state index in [0.717, 1.165) is 36.3 Å². The molecular formula is C15H24BrN3O. The third kappa shape index (κ3) is 3.64. The fourth-order valence-corrected chi connectivity index (χ4v) is 3.24. The predicted octanol–water partition coefficient (Wildman–Crippen LogP) is 2.87. The fraction of sp³-hybridized carbons (Fsp3) is 0.667. The van der Waals surface area contributed by atoms with Crippen molar-refractivity contribution in [3.63, 3.8) is 0 Å². The summed E-state index contributed by atoms with van der Waals surface area (Å²) in [5.41, 5.74) is 0.775. The molecule has 0 spiro atoms. The maximum atomic E-state index is 12.7. The van der Waals surface area contributed by atoms with Crippen LogP contribution in [-0.4, -0.2) is 41.1 Å². The molecule has 1 saturated heterocycles. The highest BCUT2D eigenvalue weighted by atomic mass is 79.9. The molecule has 1 aromatic heterocycles. The molecule has 1 aromatic rings. The van der Waals surface area contributed by atoms with Crippen LogP contribution in [0.2, 0.25) is 0 Å². The molecule has 1 aliphatic rings. The lowest BCUT2D eigenvalue weighted by Crippen LogP contribution is -2.46. The number of amides is 1. The Morgan fingerprint density at radius 1 is 1.50 bits per heavy atom. The van der Waals surface area contributed by atoms with E-state index in [-0.39, 0.29) is 5.91 Å². The van der Waals surface area contributed by atoms with E-state index in [4.69, 9.17) is 0 Å². The van der Waals surface area contributed by atoms with Crippen LogP contribution in [0.4, 0.5) is 0 Å². The lowest BCUT2D eigenvalue weighted by molar-refractivity contribution is 0.0731. The zero-order chi connectivity index (χ0) is 14.5. The average Bonchev–Trinajstić information content (AvgIpc) is 2.86. The highest BCUT2D eigenvalue weighted by Crippen LogP contribution is 2.17. The van der Waals surface area contributed by atoms with Crippen molar-refractivity contribution in [3.8, 4) is 0 Å². The summed E-state index contributed by atoms with van der Waals surface area (Å²) < 4.78 is 2.97. The number of hydrogen-bond acceptors (Lipinski definition) is 2. The van der Waals surface area contributed by atoms with Gasteiger partial charge in [0.05, 0.1) is 0 Å². The molecule has 1 fully saturated rings. The van der Waals surface area contributed by atoms with Crippen molar-refractivity contribution in [1.82, 2.24) is 14.8 Å². The molecule has 1 unspecified atom stereocenters. The molecule has 2 rings (SSSR count). The SMILES string of the molecule is CCN(CC1CCCCN1)C(=O)c1cc(Br)cn1CC. The largest absolute Gasteiger partial charge is 0.343 e. The van der Waals surface area contributed by atoms with E-state index in [1.807, 2.05) is 21.7 Å². The van der Waals surface area contributed by atoms with E-state index in [9.17, 15) is 4.79 Å². The van der Waals surface area contributed by atoms with Gasteiger partial charge in [-0.05, 0) is 55.2 Å². The Kier molecular flexibility index (Phi) is 5.66. The Hall–Kier alpha value is -0.810. The normalized spacial score (nSPS) is 19.1. The lowest BCUT2D eigenvalue weighted by atomic mass is 10.0. The van der Waals surface area contributed by atoms with Crippen LogP contribution in [-0.2, 0) is 6.54 Å². The summed E-state index contributed by atoms with van der Waals surface area (Å²) in [6.07, 6.45) is 5.66. The number of carbonyl (C=O) groups is 1. The molecule has 0 aromatic carbocycles. The Morgan fingerprint density at radius 2 is 2.30 bits per heavy atom. The average molecular weight is 342 g/mol. The van der Waals surface area contributed by atoms with Crippen LogP contribution >= 0.6 is 15.9 Å². The van der Waals surface area contributed by atoms with Gasteiger partial charge < -0.3 is 14.8 Å². The van der Waals surface area contributed by atoms with Gasteiger partial charge in [0.15, 0.2) is 0 Å². The maximum absolute atomic E-state index is 12.7. The molecule has 4 nitrogen and oxygen atoms in total. The number of hydrogen-bond donors (Lipinski definition) is 1. The minimum Gasteiger partial charge on any atom is -0.343 e. The van der Waals surface area contributed by atoms with Crippen molar-refractivity contribution >= 4 is 21.8 Å². The summed E-state index contributed by atoms with van der Waals surface area (Å²) >= 11 is 3.46. The van der Waals surface area contributed by atoms with E-state index in [0.29, 0.717) is 6.04 Å². The number of aromatic nitrogens is 1. The predicted molar refractivity (Wildman–Crippen MR) is 85.0 cm³/mol. The van der Waals surface area contributed by atoms with Crippen LogP contribution in [0.25, 0.3) is 0 Å². The Morgan fingerprint density at radius 3 is 2.90 bits per heavy atom. The van der Waals surface area contributed by atoms with Gasteiger partial charge in [-0.3, -0.25) is 4.79 Å². The fourth-order valence-electron chi connectivity index (χ4n) is 2.78. The number of halogens is 1. The third-order valence-corrected chi connectivity index (χ3v) is 4.38. The van der Waals surface area contributed by atoms with Crippen molar-refractivity contribution in [2.45, 2.75) is 45.7 Å². The summed E-state index contributed by atoms with van der Waals surface area (Å²) in [5.74, 6) is 0.132. The Balaban J connectivity index is 2.07. The van der Waals surface area contributed by atoms with Gasteiger partial charge in [-0.15, -0.1) is 0 Å². The van der Waals surface area contributed by atoms with Gasteiger partial charge in [-0.1, -0.05) is 6.42 Å². The number of likely N-dealkylation sites (N-methyl/N-ethyl adjacent to an activating group) is 1. The molecule has 0 radical (unpaired) electrons. The topological polar surface area (TPSA) is 37.3 Å². The highest BCUT2D eigenvalue weighted by Gasteiger charge is 2.22. The number of piperidine rings is 1. The molecule has 5 heteroatoms. The molecule has 0 aliphatic carbocycles. The standard InChI is InChI=1S/C15H24BrN3O/c1-3-18-10-12(16)9-14(18)15(20)19(4-2)11-13-7-5-6-8-17-13/h9-10,13,17H,3-8,11H2,1-2H3. The molecular weight excluding hydrogens is 318 g/mol. The molecule has 1 N–H and O–H groups in total. The molecule has 1 amide bonds. The van der Waals surface area contributed by atoms with Crippen LogP contribution in [0.3, 0.4) is 0 Å². The monoisotopic (exact) mass is 341 g/mol. The second-order valence-electron chi connectivity index (χ2n) is 5.32. The van der Waals surface area contributed by atoms with Crippen molar-refractivity contribution in [2.75, 3.05) is 19.6 Å². The third-order valence-electron chi connectivity index (χ3n) is 3.95. The number of nitrogens with zero attached hydrogens (tertiary/aromatic N) is 2. The quantitative estimate of drug-likeness (QED) is 0.893. The van der Waals surface area contributed by atoms with Crippen LogP contribution in [0.5, 0.6) is 0 Å². The Bertz CT molecular complexity index is 452. The van der Waals surface area contributed by atoms with Gasteiger partial charge in [0.2, 0.25) is 0 Å². The van der Waals surface area contributed by atoms with Crippen LogP contribution in [0, 0.1) is 0 Å². The van der Waals surface area contributed by atoms with Crippen LogP contribution in [0.15, 0.2) is 16.7 Å². The summed E-state index contributed by atoms with van der Waals surface area (Å²) in [4.78, 5) is 14.7. The number of aryl methyl sites for hydroxylation is 1. The first kappa shape index (κ1) is 15.6. The molecule has 0 saturated carbocycles. The van der Waals surface area contributed by atoms with Crippen molar-refractivity contribution in [2.24, 2.45) is 0 Å². The molecule has 2 heterocycles. The minimum atomic E-state index is 0.132. The van der Waals surface area contributed by atoms with Crippen molar-refractivity contribution in [1.29, 1.82) is 0 Å². The number of carbonyl (C=O) groups excluding carboxylic acids is 1. The first-order valence-corrected chi connectivity index (χ1v) is 8.33. The Labute approximate surface area is 129 Å². The van der Waals surface area contributed by atoms with E-state index in [2.05, 4.69) is 35.1 Å². The van der Waals surface area contributed by atoms with E-state index < -0.39 is 0 Å². The summed E-state index contributed by atoms with van der Waals surface area (Å²) in [6, 6.07) is 2.36. The van der Waals surface area contributed by atoms with E-state index in [1.165, 1.54) is 19.3 Å². The summed E-state index contributed by atoms with van der Waals surface area (Å²) in [5, 5.41) is 3.51. The molecule has 0 bridgehead atoms. The maximum Gasteiger partial charge on any atom is 0.270 e. The van der Waals surface area contributed by atoms with Gasteiger partial charge in [0.25, 0.3) is 5.91 Å². The van der Waals surface area contributed by atoms with Crippen molar-refractivity contribution < 1.29 is 4.79 Å². The first-order chi connectivity index (χ1) is 9.65. The van der Waals surface area contributed by atoms with Gasteiger partial charge in [0, 0.05) is 36.3 Å². The summed E-state index contributed by atoms with van der Waals surface area (Å²) in [7, 11) is 0. The zero-order valence-corrected chi connectivity index (χ0v) is 13.9. The molecule has 1 aliphatic heterocycles. The van der Waals surface area contributed by atoms with E-state index in [1.54, 1.807) is 0 Å². The smallest absolute Gasteiger partial charge is 0.270 e. The van der Waals surface area contributed by atoms with Gasteiger partial charge >= 0.3 is 0 Å².